The van der Waals surface area contributed by atoms with E-state index in [-0.39, 0.29) is 23.7 Å². The number of rotatable bonds is 5. The quantitative estimate of drug-likeness (QED) is 0.877. The lowest BCUT2D eigenvalue weighted by Gasteiger charge is -2.35. The van der Waals surface area contributed by atoms with Gasteiger partial charge in [-0.1, -0.05) is 19.3 Å². The number of carbonyl (C=O) groups is 1. The molecule has 1 fully saturated rings. The molecule has 1 amide bonds. The van der Waals surface area contributed by atoms with Crippen molar-refractivity contribution in [3.63, 3.8) is 0 Å². The molecule has 0 saturated heterocycles. The van der Waals surface area contributed by atoms with Gasteiger partial charge in [0.15, 0.2) is 11.6 Å². The van der Waals surface area contributed by atoms with Crippen LogP contribution in [0, 0.1) is 11.2 Å². The number of halogens is 1. The smallest absolute Gasteiger partial charge is 0.251 e. The van der Waals surface area contributed by atoms with Gasteiger partial charge in [0.25, 0.3) is 5.91 Å². The monoisotopic (exact) mass is 295 g/mol. The Morgan fingerprint density at radius 2 is 2.10 bits per heavy atom. The van der Waals surface area contributed by atoms with E-state index in [1.54, 1.807) is 0 Å². The molecule has 1 aliphatic carbocycles. The van der Waals surface area contributed by atoms with E-state index in [1.807, 2.05) is 0 Å². The van der Waals surface area contributed by atoms with E-state index in [1.165, 1.54) is 31.7 Å². The second-order valence-electron chi connectivity index (χ2n) is 5.75. The molecule has 0 radical (unpaired) electrons. The number of nitrogens with one attached hydrogen (secondary N) is 1. The summed E-state index contributed by atoms with van der Waals surface area (Å²) >= 11 is 0. The maximum atomic E-state index is 13.3. The highest BCUT2D eigenvalue weighted by atomic mass is 19.1. The molecule has 0 aliphatic heterocycles. The number of amides is 1. The molecule has 0 atom stereocenters. The molecule has 0 bridgehead atoms. The SMILES string of the molecule is COc1cc(C(=O)NCC2(CO)CCCCC2)ccc1F. The van der Waals surface area contributed by atoms with E-state index in [0.717, 1.165) is 25.7 Å². The fourth-order valence-corrected chi connectivity index (χ4v) is 2.86. The van der Waals surface area contributed by atoms with E-state index in [2.05, 4.69) is 5.32 Å². The van der Waals surface area contributed by atoms with E-state index in [4.69, 9.17) is 4.74 Å². The van der Waals surface area contributed by atoms with Gasteiger partial charge in [-0.2, -0.15) is 0 Å². The summed E-state index contributed by atoms with van der Waals surface area (Å²) in [6.07, 6.45) is 5.21. The van der Waals surface area contributed by atoms with E-state index in [0.29, 0.717) is 12.1 Å². The van der Waals surface area contributed by atoms with Gasteiger partial charge in [0.05, 0.1) is 13.7 Å². The molecule has 2 N–H and O–H groups in total. The minimum absolute atomic E-state index is 0.0530. The van der Waals surface area contributed by atoms with Crippen LogP contribution >= 0.6 is 0 Å². The van der Waals surface area contributed by atoms with Crippen LogP contribution in [-0.2, 0) is 0 Å². The lowest BCUT2D eigenvalue weighted by molar-refractivity contribution is 0.0718. The third kappa shape index (κ3) is 3.73. The molecule has 116 valence electrons. The zero-order valence-electron chi connectivity index (χ0n) is 12.3. The van der Waals surface area contributed by atoms with Crippen LogP contribution in [0.3, 0.4) is 0 Å². The summed E-state index contributed by atoms with van der Waals surface area (Å²) in [4.78, 5) is 12.2. The minimum Gasteiger partial charge on any atom is -0.494 e. The van der Waals surface area contributed by atoms with E-state index < -0.39 is 5.82 Å². The Morgan fingerprint density at radius 3 is 2.71 bits per heavy atom. The molecule has 0 aromatic heterocycles. The van der Waals surface area contributed by atoms with Gasteiger partial charge < -0.3 is 15.2 Å². The number of aliphatic hydroxyl groups is 1. The average molecular weight is 295 g/mol. The summed E-state index contributed by atoms with van der Waals surface area (Å²) in [6, 6.07) is 4.03. The molecule has 0 heterocycles. The van der Waals surface area contributed by atoms with Gasteiger partial charge in [-0.25, -0.2) is 4.39 Å². The number of ether oxygens (including phenoxy) is 1. The predicted molar refractivity (Wildman–Crippen MR) is 77.9 cm³/mol. The second kappa shape index (κ2) is 6.89. The summed E-state index contributed by atoms with van der Waals surface area (Å²) < 4.78 is 18.2. The van der Waals surface area contributed by atoms with Crippen molar-refractivity contribution < 1.29 is 19.0 Å². The van der Waals surface area contributed by atoms with Gasteiger partial charge in [0, 0.05) is 17.5 Å². The number of benzene rings is 1. The van der Waals surface area contributed by atoms with Gasteiger partial charge in [-0.05, 0) is 31.0 Å². The fraction of sp³-hybridized carbons (Fsp3) is 0.562. The van der Waals surface area contributed by atoms with Crippen molar-refractivity contribution in [3.05, 3.63) is 29.6 Å². The van der Waals surface area contributed by atoms with Crippen molar-refractivity contribution >= 4 is 5.91 Å². The molecule has 4 nitrogen and oxygen atoms in total. The normalized spacial score (nSPS) is 17.3. The van der Waals surface area contributed by atoms with Gasteiger partial charge in [-0.15, -0.1) is 0 Å². The summed E-state index contributed by atoms with van der Waals surface area (Å²) in [5, 5.41) is 12.5. The van der Waals surface area contributed by atoms with Crippen molar-refractivity contribution in [2.24, 2.45) is 5.41 Å². The second-order valence-corrected chi connectivity index (χ2v) is 5.75. The molecule has 21 heavy (non-hydrogen) atoms. The Labute approximate surface area is 124 Å². The molecule has 0 spiro atoms. The number of carbonyl (C=O) groups excluding carboxylic acids is 1. The fourth-order valence-electron chi connectivity index (χ4n) is 2.86. The Kier molecular flexibility index (Phi) is 5.17. The molecule has 1 aromatic rings. The molecular weight excluding hydrogens is 273 g/mol. The molecule has 1 aromatic carbocycles. The zero-order chi connectivity index (χ0) is 15.3. The standard InChI is InChI=1S/C16H22FNO3/c1-21-14-9-12(5-6-13(14)17)15(20)18-10-16(11-19)7-3-2-4-8-16/h5-6,9,19H,2-4,7-8,10-11H2,1H3,(H,18,20). The van der Waals surface area contributed by atoms with Crippen molar-refractivity contribution in [2.45, 2.75) is 32.1 Å². The number of hydrogen-bond acceptors (Lipinski definition) is 3. The molecule has 2 rings (SSSR count). The number of hydrogen-bond donors (Lipinski definition) is 2. The lowest BCUT2D eigenvalue weighted by Crippen LogP contribution is -2.41. The van der Waals surface area contributed by atoms with Crippen LogP contribution in [0.15, 0.2) is 18.2 Å². The van der Waals surface area contributed by atoms with Crippen molar-refractivity contribution in [1.29, 1.82) is 0 Å². The van der Waals surface area contributed by atoms with E-state index in [9.17, 15) is 14.3 Å². The number of methoxy groups -OCH3 is 1. The third-order valence-corrected chi connectivity index (χ3v) is 4.29. The Morgan fingerprint density at radius 1 is 1.38 bits per heavy atom. The highest BCUT2D eigenvalue weighted by Gasteiger charge is 2.31. The van der Waals surface area contributed by atoms with Gasteiger partial charge >= 0.3 is 0 Å². The third-order valence-electron chi connectivity index (χ3n) is 4.29. The summed E-state index contributed by atoms with van der Waals surface area (Å²) in [5.41, 5.74) is 0.148. The highest BCUT2D eigenvalue weighted by molar-refractivity contribution is 5.94. The van der Waals surface area contributed by atoms with Crippen LogP contribution in [0.25, 0.3) is 0 Å². The Hall–Kier alpha value is -1.62. The summed E-state index contributed by atoms with van der Waals surface area (Å²) in [7, 11) is 1.36. The first kappa shape index (κ1) is 15.8. The first-order valence-corrected chi connectivity index (χ1v) is 7.33. The van der Waals surface area contributed by atoms with Gasteiger partial charge in [0.1, 0.15) is 0 Å². The zero-order valence-corrected chi connectivity index (χ0v) is 12.3. The molecule has 1 saturated carbocycles. The largest absolute Gasteiger partial charge is 0.494 e. The Balaban J connectivity index is 2.01. The Bertz CT molecular complexity index is 498. The number of aliphatic hydroxyl groups excluding tert-OH is 1. The van der Waals surface area contributed by atoms with Crippen molar-refractivity contribution in [2.75, 3.05) is 20.3 Å². The van der Waals surface area contributed by atoms with Crippen molar-refractivity contribution in [3.8, 4) is 5.75 Å². The summed E-state index contributed by atoms with van der Waals surface area (Å²) in [5.74, 6) is -0.711. The molecule has 1 aliphatic rings. The highest BCUT2D eigenvalue weighted by Crippen LogP contribution is 2.35. The minimum atomic E-state index is -0.492. The van der Waals surface area contributed by atoms with Crippen LogP contribution < -0.4 is 10.1 Å². The van der Waals surface area contributed by atoms with Gasteiger partial charge in [0.2, 0.25) is 0 Å². The predicted octanol–water partition coefficient (Wildman–Crippen LogP) is 2.51. The first-order chi connectivity index (χ1) is 10.1. The molecular formula is C16H22FNO3. The van der Waals surface area contributed by atoms with Crippen LogP contribution in [0.1, 0.15) is 42.5 Å². The lowest BCUT2D eigenvalue weighted by atomic mass is 9.74. The average Bonchev–Trinajstić information content (AvgIpc) is 2.54. The molecule has 0 unspecified atom stereocenters. The topological polar surface area (TPSA) is 58.6 Å². The van der Waals surface area contributed by atoms with Crippen LogP contribution in [0.2, 0.25) is 0 Å². The maximum Gasteiger partial charge on any atom is 0.251 e. The van der Waals surface area contributed by atoms with Crippen LogP contribution in [-0.4, -0.2) is 31.3 Å². The summed E-state index contributed by atoms with van der Waals surface area (Å²) in [6.45, 7) is 0.530. The van der Waals surface area contributed by atoms with E-state index >= 15 is 0 Å². The molecule has 5 heteroatoms. The first-order valence-electron chi connectivity index (χ1n) is 7.33. The van der Waals surface area contributed by atoms with Crippen LogP contribution in [0.5, 0.6) is 5.75 Å². The maximum absolute atomic E-state index is 13.3. The van der Waals surface area contributed by atoms with Gasteiger partial charge in [-0.3, -0.25) is 4.79 Å². The van der Waals surface area contributed by atoms with Crippen molar-refractivity contribution in [1.82, 2.24) is 5.32 Å². The van der Waals surface area contributed by atoms with Crippen LogP contribution in [0.4, 0.5) is 4.39 Å².